The highest BCUT2D eigenvalue weighted by Gasteiger charge is 2.50. The van der Waals surface area contributed by atoms with Crippen molar-refractivity contribution in [2.24, 2.45) is 0 Å². The number of pyridine rings is 1. The fourth-order valence-corrected chi connectivity index (χ4v) is 7.70. The number of aromatic nitrogens is 2. The van der Waals surface area contributed by atoms with Crippen molar-refractivity contribution in [1.29, 1.82) is 0 Å². The smallest absolute Gasteiger partial charge is 0.134 e. The quantitative estimate of drug-likeness (QED) is 0.201. The first-order valence-corrected chi connectivity index (χ1v) is 15.5. The minimum atomic E-state index is -0.646. The lowest BCUT2D eigenvalue weighted by molar-refractivity contribution is 0.399. The molecule has 10 rings (SSSR count). The Morgan fingerprint density at radius 2 is 1.07 bits per heavy atom. The summed E-state index contributed by atoms with van der Waals surface area (Å²) >= 11 is 0. The van der Waals surface area contributed by atoms with Gasteiger partial charge in [-0.25, -0.2) is 0 Å². The van der Waals surface area contributed by atoms with Crippen LogP contribution < -0.4 is 9.47 Å². The monoisotopic (exact) mass is 590 g/mol. The van der Waals surface area contributed by atoms with E-state index >= 15 is 0 Å². The van der Waals surface area contributed by atoms with E-state index in [1.165, 1.54) is 5.39 Å². The van der Waals surface area contributed by atoms with Gasteiger partial charge < -0.3 is 14.0 Å². The second kappa shape index (κ2) is 9.43. The SMILES string of the molecule is c1ccc(-c2ccc3c(c2)Oc2ccccc2C32c3ccccc3Oc3cc(-n4c5ccccc5c5cnccc54)ccc32)cc1. The number of rotatable bonds is 2. The first kappa shape index (κ1) is 25.2. The van der Waals surface area contributed by atoms with E-state index in [1.54, 1.807) is 0 Å². The van der Waals surface area contributed by atoms with Crippen LogP contribution in [0.4, 0.5) is 0 Å². The van der Waals surface area contributed by atoms with E-state index < -0.39 is 5.41 Å². The minimum Gasteiger partial charge on any atom is -0.457 e. The molecule has 0 fully saturated rings. The van der Waals surface area contributed by atoms with E-state index in [0.29, 0.717) is 0 Å². The summed E-state index contributed by atoms with van der Waals surface area (Å²) in [5.74, 6) is 3.36. The number of hydrogen-bond donors (Lipinski definition) is 0. The van der Waals surface area contributed by atoms with Gasteiger partial charge in [-0.3, -0.25) is 4.98 Å². The average molecular weight is 591 g/mol. The Morgan fingerprint density at radius 1 is 0.457 bits per heavy atom. The third-order valence-electron chi connectivity index (χ3n) is 9.62. The number of para-hydroxylation sites is 3. The van der Waals surface area contributed by atoms with Gasteiger partial charge in [-0.05, 0) is 47.5 Å². The van der Waals surface area contributed by atoms with Crippen molar-refractivity contribution in [1.82, 2.24) is 9.55 Å². The highest BCUT2D eigenvalue weighted by molar-refractivity contribution is 6.08. The highest BCUT2D eigenvalue weighted by atomic mass is 16.5. The summed E-state index contributed by atoms with van der Waals surface area (Å²) in [6, 6.07) is 51.2. The predicted molar refractivity (Wildman–Crippen MR) is 182 cm³/mol. The molecule has 0 N–H and O–H groups in total. The van der Waals surface area contributed by atoms with E-state index in [-0.39, 0.29) is 0 Å². The molecule has 216 valence electrons. The maximum atomic E-state index is 6.82. The third kappa shape index (κ3) is 3.36. The Morgan fingerprint density at radius 3 is 1.85 bits per heavy atom. The lowest BCUT2D eigenvalue weighted by atomic mass is 9.62. The highest BCUT2D eigenvalue weighted by Crippen LogP contribution is 2.61. The zero-order chi connectivity index (χ0) is 30.2. The normalized spacial score (nSPS) is 15.8. The molecule has 2 aliphatic heterocycles. The van der Waals surface area contributed by atoms with E-state index in [9.17, 15) is 0 Å². The largest absolute Gasteiger partial charge is 0.457 e. The second-order valence-corrected chi connectivity index (χ2v) is 11.9. The van der Waals surface area contributed by atoms with Gasteiger partial charge in [-0.15, -0.1) is 0 Å². The average Bonchev–Trinajstić information content (AvgIpc) is 3.46. The first-order valence-electron chi connectivity index (χ1n) is 15.5. The molecule has 0 saturated carbocycles. The molecule has 0 radical (unpaired) electrons. The van der Waals surface area contributed by atoms with Crippen molar-refractivity contribution in [3.63, 3.8) is 0 Å². The van der Waals surface area contributed by atoms with Crippen molar-refractivity contribution >= 4 is 21.8 Å². The molecule has 8 aromatic rings. The van der Waals surface area contributed by atoms with Crippen LogP contribution in [0.25, 0.3) is 38.6 Å². The summed E-state index contributed by atoms with van der Waals surface area (Å²) in [4.78, 5) is 4.44. The molecular weight excluding hydrogens is 564 g/mol. The van der Waals surface area contributed by atoms with Crippen LogP contribution in [0.15, 0.2) is 158 Å². The van der Waals surface area contributed by atoms with Crippen molar-refractivity contribution in [2.75, 3.05) is 0 Å². The molecule has 1 atom stereocenters. The van der Waals surface area contributed by atoms with Gasteiger partial charge in [-0.1, -0.05) is 103 Å². The van der Waals surface area contributed by atoms with Gasteiger partial charge >= 0.3 is 0 Å². The van der Waals surface area contributed by atoms with Gasteiger partial charge in [0.2, 0.25) is 0 Å². The van der Waals surface area contributed by atoms with Crippen molar-refractivity contribution < 1.29 is 9.47 Å². The molecular formula is C42H26N2O2. The van der Waals surface area contributed by atoms with Crippen LogP contribution in [0.1, 0.15) is 22.3 Å². The number of ether oxygens (including phenoxy) is 2. The molecule has 4 nitrogen and oxygen atoms in total. The van der Waals surface area contributed by atoms with Crippen LogP contribution in [0.5, 0.6) is 23.0 Å². The Kier molecular flexibility index (Phi) is 5.17. The van der Waals surface area contributed by atoms with Crippen molar-refractivity contribution in [3.05, 3.63) is 180 Å². The molecule has 2 aromatic heterocycles. The Labute approximate surface area is 265 Å². The summed E-state index contributed by atoms with van der Waals surface area (Å²) in [7, 11) is 0. The van der Waals surface area contributed by atoms with Gasteiger partial charge in [0.1, 0.15) is 23.0 Å². The van der Waals surface area contributed by atoms with Gasteiger partial charge in [0.05, 0.1) is 16.4 Å². The number of fused-ring (bicyclic) bond motifs is 11. The second-order valence-electron chi connectivity index (χ2n) is 11.9. The van der Waals surface area contributed by atoms with E-state index in [2.05, 4.69) is 137 Å². The maximum Gasteiger partial charge on any atom is 0.134 e. The Balaban J connectivity index is 1.27. The van der Waals surface area contributed by atoms with Gasteiger partial charge in [0.15, 0.2) is 0 Å². The molecule has 4 heterocycles. The standard InChI is InChI=1S/C42H26N2O2/c1-2-10-27(11-3-1)28-18-20-34-40(24-28)45-38-16-8-5-13-32(38)42(34)33-14-6-9-17-39(33)46-41-25-29(19-21-35(41)42)44-36-15-7-4-12-30(36)31-26-43-23-22-37(31)44/h1-26H. The van der Waals surface area contributed by atoms with Gasteiger partial charge in [-0.2, -0.15) is 0 Å². The molecule has 1 spiro atoms. The molecule has 2 aliphatic rings. The summed E-state index contributed by atoms with van der Waals surface area (Å²) < 4.78 is 15.9. The van der Waals surface area contributed by atoms with Crippen LogP contribution in [0, 0.1) is 0 Å². The third-order valence-corrected chi connectivity index (χ3v) is 9.62. The number of nitrogens with zero attached hydrogens (tertiary/aromatic N) is 2. The first-order chi connectivity index (χ1) is 22.8. The van der Waals surface area contributed by atoms with E-state index in [4.69, 9.17) is 9.47 Å². The number of hydrogen-bond acceptors (Lipinski definition) is 3. The van der Waals surface area contributed by atoms with Crippen molar-refractivity contribution in [3.8, 4) is 39.8 Å². The molecule has 0 bridgehead atoms. The zero-order valence-corrected chi connectivity index (χ0v) is 24.7. The fourth-order valence-electron chi connectivity index (χ4n) is 7.70. The molecule has 4 heteroatoms. The molecule has 0 saturated heterocycles. The summed E-state index contributed by atoms with van der Waals surface area (Å²) in [6.07, 6.45) is 3.81. The molecule has 1 unspecified atom stereocenters. The van der Waals surface area contributed by atoms with Crippen LogP contribution in [0.3, 0.4) is 0 Å². The summed E-state index contributed by atoms with van der Waals surface area (Å²) in [6.45, 7) is 0. The van der Waals surface area contributed by atoms with Crippen LogP contribution in [-0.2, 0) is 5.41 Å². The topological polar surface area (TPSA) is 36.3 Å². The summed E-state index contributed by atoms with van der Waals surface area (Å²) in [5.41, 5.74) is 9.28. The summed E-state index contributed by atoms with van der Waals surface area (Å²) in [5, 5.41) is 2.30. The maximum absolute atomic E-state index is 6.82. The van der Waals surface area contributed by atoms with Gasteiger partial charge in [0, 0.05) is 57.2 Å². The minimum absolute atomic E-state index is 0.646. The molecule has 0 aliphatic carbocycles. The number of benzene rings is 6. The Hall–Kier alpha value is -6.13. The van der Waals surface area contributed by atoms with E-state index in [1.807, 2.05) is 30.6 Å². The van der Waals surface area contributed by atoms with Crippen molar-refractivity contribution in [2.45, 2.75) is 5.41 Å². The lowest BCUT2D eigenvalue weighted by Gasteiger charge is -2.45. The predicted octanol–water partition coefficient (Wildman–Crippen LogP) is 10.4. The molecule has 0 amide bonds. The van der Waals surface area contributed by atoms with Crippen LogP contribution in [-0.4, -0.2) is 9.55 Å². The van der Waals surface area contributed by atoms with E-state index in [0.717, 1.165) is 78.5 Å². The zero-order valence-electron chi connectivity index (χ0n) is 24.7. The van der Waals surface area contributed by atoms with Crippen LogP contribution >= 0.6 is 0 Å². The lowest BCUT2D eigenvalue weighted by Crippen LogP contribution is -2.36. The van der Waals surface area contributed by atoms with Gasteiger partial charge in [0.25, 0.3) is 0 Å². The fraction of sp³-hybridized carbons (Fsp3) is 0.0238. The molecule has 46 heavy (non-hydrogen) atoms. The Bertz CT molecular complexity index is 2430. The van der Waals surface area contributed by atoms with Crippen LogP contribution in [0.2, 0.25) is 0 Å². The molecule has 6 aromatic carbocycles.